The van der Waals surface area contributed by atoms with Crippen LogP contribution in [0.1, 0.15) is 258 Å². The van der Waals surface area contributed by atoms with Crippen molar-refractivity contribution in [2.45, 2.75) is 375 Å². The Labute approximate surface area is 521 Å². The largest absolute Gasteiger partial charge is 0.394 e. The number of aliphatic hydroxyl groups is 12. The molecule has 2 amide bonds. The number of nitrogens with one attached hydrogen (secondary N) is 2. The Hall–Kier alpha value is -1.78. The van der Waals surface area contributed by atoms with Crippen molar-refractivity contribution in [1.29, 1.82) is 0 Å². The van der Waals surface area contributed by atoms with E-state index in [0.29, 0.717) is 12.8 Å². The smallest absolute Gasteiger partial charge is 0.249 e. The second-order valence-electron chi connectivity index (χ2n) is 25.3. The molecule has 87 heavy (non-hydrogen) atoms. The highest BCUT2D eigenvalue weighted by atomic mass is 16.8. The zero-order chi connectivity index (χ0) is 63.8. The summed E-state index contributed by atoms with van der Waals surface area (Å²) in [6.07, 6.45) is 12.0. The highest BCUT2D eigenvalue weighted by Crippen LogP contribution is 2.34. The van der Waals surface area contributed by atoms with Crippen molar-refractivity contribution < 1.29 is 99.3 Å². The number of rotatable bonds is 52. The zero-order valence-corrected chi connectivity index (χ0v) is 53.6. The maximum Gasteiger partial charge on any atom is 0.249 e. The molecule has 22 nitrogen and oxygen atoms in total. The van der Waals surface area contributed by atoms with E-state index >= 15 is 0 Å². The fraction of sp³-hybridized carbons (Fsp3) is 0.969. The van der Waals surface area contributed by atoms with Crippen LogP contribution in [-0.4, -0.2) is 216 Å². The fourth-order valence-electron chi connectivity index (χ4n) is 12.1. The van der Waals surface area contributed by atoms with Crippen molar-refractivity contribution in [3.05, 3.63) is 0 Å². The number of unbranched alkanes of at least 4 members (excludes halogenated alkanes) is 33. The average Bonchev–Trinajstić information content (AvgIpc) is 0.944. The van der Waals surface area contributed by atoms with Gasteiger partial charge in [-0.25, -0.2) is 0 Å². The molecule has 3 heterocycles. The zero-order valence-electron chi connectivity index (χ0n) is 53.6. The number of aliphatic hydroxyl groups excluding tert-OH is 12. The molecule has 0 aromatic heterocycles. The standard InChI is InChI=1S/C65H124N2O20/c1-4-6-8-10-12-14-16-18-19-20-21-22-23-24-25-26-28-30-32-34-36-38-40-48(73)62(81)67-46(53(74)47(72)39-37-35-33-31-29-27-17-15-13-11-9-7-5-2)44-82-65-61(87-64-59(80)58(79)55(76)50(42-69)84-64)60(56(77)51(43-70)85-65)86-63-52(66-45(3)71)57(78)54(75)49(41-68)83-63/h46-61,63-65,68-70,72-80H,4-44H2,1-3H3,(H,66,71)(H,67,81)/t46-,47+,48+,49+,50+,51+,52+,53-,54-,55+,56-,57+,58-,59+,60-,61+,63+,64+,65-/m0/s1. The SMILES string of the molecule is CCCCCCCCCCCCCCCCCCCCCCCC[C@@H](O)C(=O)N[C@@H](CO[C@H]1O[C@H](CO)[C@H](O)[C@H](O[C@H]2O[C@H](CO)[C@H](O)[C@H](O)[C@H]2NC(C)=O)[C@H]1O[C@H]1O[C@H](CO)[C@@H](O)[C@H](O)[C@H]1O)[C@H](O)[C@H](O)CCCCCCCCCCCCCCC. The summed E-state index contributed by atoms with van der Waals surface area (Å²) in [4.78, 5) is 26.2. The Balaban J connectivity index is 1.68. The van der Waals surface area contributed by atoms with Crippen LogP contribution in [-0.2, 0) is 38.0 Å². The van der Waals surface area contributed by atoms with Crippen LogP contribution < -0.4 is 10.6 Å². The highest BCUT2D eigenvalue weighted by Gasteiger charge is 2.55. The molecule has 3 saturated heterocycles. The maximum absolute atomic E-state index is 13.8. The van der Waals surface area contributed by atoms with E-state index in [1.54, 1.807) is 0 Å². The van der Waals surface area contributed by atoms with Crippen LogP contribution in [0.5, 0.6) is 0 Å². The first-order chi connectivity index (χ1) is 42.0. The molecule has 3 rings (SSSR count). The summed E-state index contributed by atoms with van der Waals surface area (Å²) >= 11 is 0. The van der Waals surface area contributed by atoms with Crippen LogP contribution in [0.15, 0.2) is 0 Å². The lowest BCUT2D eigenvalue weighted by Gasteiger charge is -2.49. The number of hydrogen-bond acceptors (Lipinski definition) is 20. The van der Waals surface area contributed by atoms with Crippen molar-refractivity contribution in [2.75, 3.05) is 26.4 Å². The predicted molar refractivity (Wildman–Crippen MR) is 329 cm³/mol. The summed E-state index contributed by atoms with van der Waals surface area (Å²) in [5, 5.41) is 136. The number of carbonyl (C=O) groups excluding carboxylic acids is 2. The lowest BCUT2D eigenvalue weighted by molar-refractivity contribution is -0.387. The topological polar surface area (TPSA) is 356 Å². The first-order valence-corrected chi connectivity index (χ1v) is 34.5. The van der Waals surface area contributed by atoms with Crippen molar-refractivity contribution >= 4 is 11.8 Å². The van der Waals surface area contributed by atoms with Gasteiger partial charge in [0.15, 0.2) is 18.9 Å². The number of amides is 2. The summed E-state index contributed by atoms with van der Waals surface area (Å²) in [6, 6.07) is -3.01. The van der Waals surface area contributed by atoms with E-state index in [0.717, 1.165) is 64.7 Å². The van der Waals surface area contributed by atoms with Crippen molar-refractivity contribution in [2.24, 2.45) is 0 Å². The van der Waals surface area contributed by atoms with Crippen LogP contribution in [0.4, 0.5) is 0 Å². The van der Waals surface area contributed by atoms with Gasteiger partial charge >= 0.3 is 0 Å². The first-order valence-electron chi connectivity index (χ1n) is 34.5. The van der Waals surface area contributed by atoms with Crippen LogP contribution in [0, 0.1) is 0 Å². The van der Waals surface area contributed by atoms with Crippen LogP contribution >= 0.6 is 0 Å². The average molecular weight is 1250 g/mol. The van der Waals surface area contributed by atoms with Gasteiger partial charge in [0.05, 0.1) is 38.6 Å². The minimum atomic E-state index is -2.03. The molecule has 3 aliphatic rings. The molecule has 0 aliphatic carbocycles. The Kier molecular flexibility index (Phi) is 43.9. The first kappa shape index (κ1) is 79.5. The molecule has 3 aliphatic heterocycles. The van der Waals surface area contributed by atoms with Gasteiger partial charge < -0.3 is 100 Å². The van der Waals surface area contributed by atoms with Crippen LogP contribution in [0.25, 0.3) is 0 Å². The normalized spacial score (nSPS) is 29.2. The van der Waals surface area contributed by atoms with E-state index in [9.17, 15) is 70.9 Å². The van der Waals surface area contributed by atoms with E-state index in [1.807, 2.05) is 0 Å². The molecule has 19 atom stereocenters. The van der Waals surface area contributed by atoms with Crippen LogP contribution in [0.2, 0.25) is 0 Å². The lowest BCUT2D eigenvalue weighted by atomic mass is 9.95. The minimum Gasteiger partial charge on any atom is -0.394 e. The minimum absolute atomic E-state index is 0.123. The molecule has 514 valence electrons. The summed E-state index contributed by atoms with van der Waals surface area (Å²) < 4.78 is 36.1. The molecule has 0 unspecified atom stereocenters. The molecule has 0 radical (unpaired) electrons. The van der Waals surface area contributed by atoms with Gasteiger partial charge in [0.2, 0.25) is 11.8 Å². The molecule has 0 spiro atoms. The Bertz CT molecular complexity index is 1690. The van der Waals surface area contributed by atoms with Gasteiger partial charge in [-0.2, -0.15) is 0 Å². The van der Waals surface area contributed by atoms with Gasteiger partial charge in [-0.1, -0.05) is 239 Å². The molecule has 0 aromatic carbocycles. The quantitative estimate of drug-likeness (QED) is 0.0328. The highest BCUT2D eigenvalue weighted by molar-refractivity contribution is 5.80. The third kappa shape index (κ3) is 30.7. The second kappa shape index (κ2) is 48.0. The second-order valence-corrected chi connectivity index (χ2v) is 25.3. The molecule has 0 aromatic rings. The van der Waals surface area contributed by atoms with E-state index in [2.05, 4.69) is 24.5 Å². The number of carbonyl (C=O) groups is 2. The summed E-state index contributed by atoms with van der Waals surface area (Å²) in [5.41, 5.74) is 0. The van der Waals surface area contributed by atoms with Gasteiger partial charge in [0.1, 0.15) is 85.4 Å². The van der Waals surface area contributed by atoms with E-state index in [-0.39, 0.29) is 12.8 Å². The van der Waals surface area contributed by atoms with Gasteiger partial charge in [-0.3, -0.25) is 9.59 Å². The maximum atomic E-state index is 13.8. The lowest BCUT2D eigenvalue weighted by Crippen LogP contribution is -2.69. The Morgan fingerprint density at radius 2 is 0.782 bits per heavy atom. The molecular weight excluding hydrogens is 1130 g/mol. The van der Waals surface area contributed by atoms with Crippen molar-refractivity contribution in [3.8, 4) is 0 Å². The molecule has 14 N–H and O–H groups in total. The molecule has 22 heteroatoms. The fourth-order valence-corrected chi connectivity index (χ4v) is 12.1. The third-order valence-corrected chi connectivity index (χ3v) is 17.8. The molecule has 0 saturated carbocycles. The summed E-state index contributed by atoms with van der Waals surface area (Å²) in [6.45, 7) is 2.29. The molecule has 0 bridgehead atoms. The van der Waals surface area contributed by atoms with Gasteiger partial charge in [-0.15, -0.1) is 0 Å². The number of hydrogen-bond donors (Lipinski definition) is 14. The van der Waals surface area contributed by atoms with Crippen molar-refractivity contribution in [1.82, 2.24) is 10.6 Å². The monoisotopic (exact) mass is 1250 g/mol. The molecule has 3 fully saturated rings. The van der Waals surface area contributed by atoms with Crippen molar-refractivity contribution in [3.63, 3.8) is 0 Å². The Morgan fingerprint density at radius 1 is 0.425 bits per heavy atom. The van der Waals surface area contributed by atoms with E-state index in [1.165, 1.54) is 154 Å². The predicted octanol–water partition coefficient (Wildman–Crippen LogP) is 5.64. The van der Waals surface area contributed by atoms with Gasteiger partial charge in [-0.05, 0) is 12.8 Å². The van der Waals surface area contributed by atoms with Gasteiger partial charge in [0.25, 0.3) is 0 Å². The van der Waals surface area contributed by atoms with Crippen LogP contribution in [0.3, 0.4) is 0 Å². The Morgan fingerprint density at radius 3 is 1.20 bits per heavy atom. The van der Waals surface area contributed by atoms with Gasteiger partial charge in [0, 0.05) is 6.92 Å². The summed E-state index contributed by atoms with van der Waals surface area (Å²) in [7, 11) is 0. The summed E-state index contributed by atoms with van der Waals surface area (Å²) in [5.74, 6) is -1.55. The molecular formula is C65H124N2O20. The number of ether oxygens (including phenoxy) is 6. The van der Waals surface area contributed by atoms with E-state index < -0.39 is 155 Å². The third-order valence-electron chi connectivity index (χ3n) is 17.8. The van der Waals surface area contributed by atoms with E-state index in [4.69, 9.17) is 28.4 Å².